The van der Waals surface area contributed by atoms with Gasteiger partial charge in [-0.15, -0.1) is 11.3 Å². The van der Waals surface area contributed by atoms with Crippen LogP contribution in [0.2, 0.25) is 0 Å². The van der Waals surface area contributed by atoms with E-state index in [9.17, 15) is 22.7 Å². The van der Waals surface area contributed by atoms with E-state index in [1.807, 2.05) is 35.2 Å². The monoisotopic (exact) mass is 614 g/mol. The Morgan fingerprint density at radius 3 is 2.45 bits per heavy atom. The molecule has 3 aromatic rings. The largest absolute Gasteiger partial charge is 0.490 e. The summed E-state index contributed by atoms with van der Waals surface area (Å²) in [4.78, 5) is 13.6. The number of carbonyl (C=O) groups is 1. The highest BCUT2D eigenvalue weighted by atomic mass is 32.2. The number of fused-ring (bicyclic) bond motifs is 1. The maximum atomic E-state index is 14.7. The first-order valence-corrected chi connectivity index (χ1v) is 16.8. The van der Waals surface area contributed by atoms with Crippen LogP contribution in [0.15, 0.2) is 53.4 Å². The first-order chi connectivity index (χ1) is 20.2. The minimum Gasteiger partial charge on any atom is -0.490 e. The summed E-state index contributed by atoms with van der Waals surface area (Å²) in [5, 5.41) is 9.50. The van der Waals surface area contributed by atoms with Gasteiger partial charge in [0.05, 0.1) is 18.4 Å². The minimum absolute atomic E-state index is 0.0782. The molecule has 0 spiro atoms. The van der Waals surface area contributed by atoms with Crippen molar-refractivity contribution in [2.24, 2.45) is 5.92 Å². The van der Waals surface area contributed by atoms with Crippen LogP contribution in [-0.4, -0.2) is 62.8 Å². The van der Waals surface area contributed by atoms with Crippen molar-refractivity contribution in [1.29, 1.82) is 0 Å². The summed E-state index contributed by atoms with van der Waals surface area (Å²) >= 11 is 0.758. The number of anilines is 2. The van der Waals surface area contributed by atoms with E-state index in [4.69, 9.17) is 9.47 Å². The van der Waals surface area contributed by atoms with Crippen LogP contribution < -0.4 is 9.64 Å². The Morgan fingerprint density at radius 2 is 1.79 bits per heavy atom. The Bertz CT molecular complexity index is 1550. The van der Waals surface area contributed by atoms with Crippen molar-refractivity contribution in [3.63, 3.8) is 0 Å². The zero-order valence-electron chi connectivity index (χ0n) is 23.5. The Hall–Kier alpha value is -2.99. The zero-order chi connectivity index (χ0) is 29.4. The number of hydrogen-bond donors (Lipinski definition) is 1. The predicted molar refractivity (Wildman–Crippen MR) is 160 cm³/mol. The third kappa shape index (κ3) is 5.79. The molecule has 0 saturated heterocycles. The number of thiophene rings is 1. The summed E-state index contributed by atoms with van der Waals surface area (Å²) in [5.41, 5.74) is 1.66. The number of rotatable bonds is 9. The van der Waals surface area contributed by atoms with E-state index in [-0.39, 0.29) is 34.4 Å². The number of carboxylic acid groups (broad SMARTS) is 1. The molecule has 2 aromatic carbocycles. The van der Waals surface area contributed by atoms with E-state index in [1.165, 1.54) is 10.4 Å². The average Bonchev–Trinajstić information content (AvgIpc) is 3.75. The van der Waals surface area contributed by atoms with Gasteiger partial charge in [-0.25, -0.2) is 17.6 Å². The van der Waals surface area contributed by atoms with Crippen molar-refractivity contribution >= 4 is 38.7 Å². The molecule has 1 aliphatic heterocycles. The van der Waals surface area contributed by atoms with Gasteiger partial charge in [-0.3, -0.25) is 0 Å². The smallest absolute Gasteiger partial charge is 0.348 e. The van der Waals surface area contributed by atoms with Gasteiger partial charge in [0, 0.05) is 41.8 Å². The van der Waals surface area contributed by atoms with Gasteiger partial charge >= 0.3 is 5.97 Å². The number of sulfonamides is 1. The number of nitrogens with zero attached hydrogens (tertiary/aromatic N) is 2. The standard InChI is InChI=1S/C31H35FN2O6S2/c1-33-26(20-8-4-2-5-9-20)19-34(21-10-6-3-7-11-21)25-18-27(40-15-14-39-22-12-13-22)23(16-29(25)42(33,37)38)28-17-24(32)30(41-28)31(35)36/h3,6-7,10-11,16-18,20,22,26H,2,4-5,8-9,12-15,19H2,1H3,(H,35,36)/t26-/m0/s1. The number of hydrogen-bond acceptors (Lipinski definition) is 7. The van der Waals surface area contributed by atoms with Crippen molar-refractivity contribution in [3.05, 3.63) is 59.2 Å². The number of halogens is 1. The molecular weight excluding hydrogens is 579 g/mol. The number of para-hydroxylation sites is 1. The summed E-state index contributed by atoms with van der Waals surface area (Å²) in [7, 11) is -2.33. The third-order valence-corrected chi connectivity index (χ3v) is 11.5. The average molecular weight is 615 g/mol. The molecule has 0 radical (unpaired) electrons. The number of aromatic carboxylic acids is 1. The molecule has 0 amide bonds. The van der Waals surface area contributed by atoms with E-state index >= 15 is 0 Å². The van der Waals surface area contributed by atoms with Gasteiger partial charge in [-0.05, 0) is 55.9 Å². The number of benzene rings is 2. The second-order valence-electron chi connectivity index (χ2n) is 11.3. The number of ether oxygens (including phenoxy) is 2. The first kappa shape index (κ1) is 29.1. The maximum absolute atomic E-state index is 14.7. The Kier molecular flexibility index (Phi) is 8.28. The molecule has 0 unspecified atom stereocenters. The molecule has 1 atom stereocenters. The third-order valence-electron chi connectivity index (χ3n) is 8.47. The second kappa shape index (κ2) is 11.9. The first-order valence-electron chi connectivity index (χ1n) is 14.5. The second-order valence-corrected chi connectivity index (χ2v) is 14.3. The highest BCUT2D eigenvalue weighted by Gasteiger charge is 2.41. The molecule has 2 fully saturated rings. The molecule has 3 aliphatic rings. The molecule has 2 saturated carbocycles. The molecule has 2 heterocycles. The van der Waals surface area contributed by atoms with Gasteiger partial charge < -0.3 is 19.5 Å². The number of likely N-dealkylation sites (N-methyl/N-ethyl adjacent to an activating group) is 1. The van der Waals surface area contributed by atoms with Gasteiger partial charge in [-0.2, -0.15) is 4.31 Å². The lowest BCUT2D eigenvalue weighted by Crippen LogP contribution is -2.46. The van der Waals surface area contributed by atoms with Crippen LogP contribution in [0.5, 0.6) is 5.75 Å². The predicted octanol–water partition coefficient (Wildman–Crippen LogP) is 6.53. The van der Waals surface area contributed by atoms with Crippen LogP contribution in [0.3, 0.4) is 0 Å². The fraction of sp³-hybridized carbons (Fsp3) is 0.452. The maximum Gasteiger partial charge on any atom is 0.348 e. The van der Waals surface area contributed by atoms with Crippen molar-refractivity contribution in [2.75, 3.05) is 31.7 Å². The number of carboxylic acids is 1. The molecule has 224 valence electrons. The fourth-order valence-corrected chi connectivity index (χ4v) is 8.58. The highest BCUT2D eigenvalue weighted by Crippen LogP contribution is 2.47. The van der Waals surface area contributed by atoms with E-state index < -0.39 is 26.7 Å². The Labute approximate surface area is 249 Å². The van der Waals surface area contributed by atoms with Gasteiger partial charge in [0.1, 0.15) is 27.9 Å². The van der Waals surface area contributed by atoms with E-state index in [2.05, 4.69) is 0 Å². The van der Waals surface area contributed by atoms with Gasteiger partial charge in [-0.1, -0.05) is 37.5 Å². The summed E-state index contributed by atoms with van der Waals surface area (Å²) in [5.74, 6) is -1.68. The lowest BCUT2D eigenvalue weighted by molar-refractivity contribution is 0.0697. The molecule has 2 aliphatic carbocycles. The highest BCUT2D eigenvalue weighted by molar-refractivity contribution is 7.89. The minimum atomic E-state index is -3.99. The zero-order valence-corrected chi connectivity index (χ0v) is 25.1. The quantitative estimate of drug-likeness (QED) is 0.274. The van der Waals surface area contributed by atoms with Crippen LogP contribution in [-0.2, 0) is 14.8 Å². The lowest BCUT2D eigenvalue weighted by atomic mass is 9.83. The molecule has 1 aromatic heterocycles. The molecule has 6 rings (SSSR count). The molecule has 8 nitrogen and oxygen atoms in total. The SMILES string of the molecule is CN1[C@H](C2CCCCC2)CN(c2ccccc2)c2cc(OCCOC3CC3)c(-c3cc(F)c(C(=O)O)s3)cc2S1(=O)=O. The Balaban J connectivity index is 1.50. The molecular formula is C31H35FN2O6S2. The van der Waals surface area contributed by atoms with Gasteiger partial charge in [0.15, 0.2) is 0 Å². The van der Waals surface area contributed by atoms with E-state index in [1.54, 1.807) is 13.1 Å². The summed E-state index contributed by atoms with van der Waals surface area (Å²) in [6, 6.07) is 13.8. The van der Waals surface area contributed by atoms with Crippen LogP contribution in [0.4, 0.5) is 15.8 Å². The van der Waals surface area contributed by atoms with Gasteiger partial charge in [0.25, 0.3) is 0 Å². The normalized spacial score (nSPS) is 21.1. The van der Waals surface area contributed by atoms with Crippen LogP contribution in [0.25, 0.3) is 10.4 Å². The molecule has 0 bridgehead atoms. The van der Waals surface area contributed by atoms with Crippen molar-refractivity contribution < 1.29 is 32.2 Å². The summed E-state index contributed by atoms with van der Waals surface area (Å²) < 4.78 is 56.8. The van der Waals surface area contributed by atoms with Gasteiger partial charge in [0.2, 0.25) is 10.0 Å². The Morgan fingerprint density at radius 1 is 1.05 bits per heavy atom. The summed E-state index contributed by atoms with van der Waals surface area (Å²) in [6.45, 7) is 1.04. The van der Waals surface area contributed by atoms with E-state index in [0.29, 0.717) is 30.2 Å². The van der Waals surface area contributed by atoms with Crippen molar-refractivity contribution in [1.82, 2.24) is 4.31 Å². The van der Waals surface area contributed by atoms with Crippen molar-refractivity contribution in [2.45, 2.75) is 62.0 Å². The van der Waals surface area contributed by atoms with Crippen LogP contribution >= 0.6 is 11.3 Å². The van der Waals surface area contributed by atoms with Crippen molar-refractivity contribution in [3.8, 4) is 16.2 Å². The van der Waals surface area contributed by atoms with Crippen LogP contribution in [0.1, 0.15) is 54.6 Å². The molecule has 11 heteroatoms. The van der Waals surface area contributed by atoms with E-state index in [0.717, 1.165) is 68.0 Å². The topological polar surface area (TPSA) is 96.4 Å². The summed E-state index contributed by atoms with van der Waals surface area (Å²) in [6.07, 6.45) is 7.55. The molecule has 42 heavy (non-hydrogen) atoms. The molecule has 1 N–H and O–H groups in total. The van der Waals surface area contributed by atoms with Crippen LogP contribution in [0, 0.1) is 11.7 Å². The fourth-order valence-electron chi connectivity index (χ4n) is 6.08. The lowest BCUT2D eigenvalue weighted by Gasteiger charge is -2.36.